The number of pyridine rings is 1. The van der Waals surface area contributed by atoms with Crippen LogP contribution < -0.4 is 15.8 Å². The predicted molar refractivity (Wildman–Crippen MR) is 141 cm³/mol. The van der Waals surface area contributed by atoms with E-state index in [9.17, 15) is 4.79 Å². The van der Waals surface area contributed by atoms with Crippen LogP contribution in [0.1, 0.15) is 28.3 Å². The van der Waals surface area contributed by atoms with Gasteiger partial charge in [0.2, 0.25) is 0 Å². The van der Waals surface area contributed by atoms with Crippen LogP contribution in [0.15, 0.2) is 73.2 Å². The Balaban J connectivity index is 1.48. The Morgan fingerprint density at radius 2 is 1.91 bits per heavy atom. The summed E-state index contributed by atoms with van der Waals surface area (Å²) in [6, 6.07) is 19.3. The average Bonchev–Trinajstić information content (AvgIpc) is 3.48. The molecule has 0 radical (unpaired) electrons. The fourth-order valence-corrected chi connectivity index (χ4v) is 5.10. The van der Waals surface area contributed by atoms with Gasteiger partial charge in [-0.05, 0) is 42.8 Å². The van der Waals surface area contributed by atoms with Crippen molar-refractivity contribution in [2.45, 2.75) is 13.0 Å². The van der Waals surface area contributed by atoms with Gasteiger partial charge in [-0.25, -0.2) is 9.97 Å². The molecule has 0 unspecified atom stereocenters. The lowest BCUT2D eigenvalue weighted by Gasteiger charge is -2.16. The molecule has 0 spiro atoms. The van der Waals surface area contributed by atoms with Crippen molar-refractivity contribution in [2.75, 3.05) is 12.4 Å². The second kappa shape index (κ2) is 9.40. The maximum absolute atomic E-state index is 12.2. The van der Waals surface area contributed by atoms with Crippen molar-refractivity contribution in [2.24, 2.45) is 5.73 Å². The van der Waals surface area contributed by atoms with E-state index in [0.29, 0.717) is 15.6 Å². The number of hydrogen-bond acceptors (Lipinski definition) is 6. The number of ether oxygens (including phenoxy) is 1. The van der Waals surface area contributed by atoms with Crippen LogP contribution in [0.3, 0.4) is 0 Å². The van der Waals surface area contributed by atoms with Gasteiger partial charge in [0, 0.05) is 35.5 Å². The molecule has 0 bridgehead atoms. The second-order valence-corrected chi connectivity index (χ2v) is 9.36. The molecule has 9 heteroatoms. The second-order valence-electron chi connectivity index (χ2n) is 7.92. The number of anilines is 1. The van der Waals surface area contributed by atoms with Crippen LogP contribution in [-0.4, -0.2) is 27.5 Å². The minimum Gasteiger partial charge on any atom is -0.484 e. The van der Waals surface area contributed by atoms with Crippen LogP contribution >= 0.6 is 22.9 Å². The number of carbonyl (C=O) groups is 1. The lowest BCUT2D eigenvalue weighted by Crippen LogP contribution is -2.12. The largest absolute Gasteiger partial charge is 0.484 e. The van der Waals surface area contributed by atoms with Gasteiger partial charge in [-0.3, -0.25) is 9.36 Å². The first-order chi connectivity index (χ1) is 16.9. The Kier molecular flexibility index (Phi) is 6.15. The molecule has 0 aliphatic heterocycles. The molecular formula is C26H22ClN5O2S. The number of benzene rings is 2. The van der Waals surface area contributed by atoms with Crippen molar-refractivity contribution in [1.82, 2.24) is 14.5 Å². The third-order valence-corrected chi connectivity index (χ3v) is 7.17. The van der Waals surface area contributed by atoms with Gasteiger partial charge in [0.05, 0.1) is 11.0 Å². The van der Waals surface area contributed by atoms with Crippen LogP contribution in [0.25, 0.3) is 27.2 Å². The molecule has 5 rings (SSSR count). The quantitative estimate of drug-likeness (QED) is 0.280. The number of hydrogen-bond donors (Lipinski definition) is 2. The van der Waals surface area contributed by atoms with E-state index in [0.717, 1.165) is 38.5 Å². The van der Waals surface area contributed by atoms with E-state index in [-0.39, 0.29) is 6.10 Å². The van der Waals surface area contributed by atoms with Gasteiger partial charge in [-0.2, -0.15) is 0 Å². The number of nitrogens with zero attached hydrogens (tertiary/aromatic N) is 3. The van der Waals surface area contributed by atoms with Gasteiger partial charge in [-0.1, -0.05) is 35.9 Å². The third kappa shape index (κ3) is 4.45. The zero-order valence-corrected chi connectivity index (χ0v) is 20.6. The number of imidazole rings is 1. The van der Waals surface area contributed by atoms with Crippen molar-refractivity contribution in [3.8, 4) is 21.9 Å². The molecule has 0 fully saturated rings. The summed E-state index contributed by atoms with van der Waals surface area (Å²) in [5.74, 6) is 0.676. The SMILES string of the molecule is CNc1ccc(-c2ccc3c(c2)ncn3-c2cc(O[C@H](C)c3ccccc3Cl)c(C(N)=O)s2)cn1. The summed E-state index contributed by atoms with van der Waals surface area (Å²) in [5, 5.41) is 4.39. The highest BCUT2D eigenvalue weighted by Crippen LogP contribution is 2.37. The van der Waals surface area contributed by atoms with Gasteiger partial charge >= 0.3 is 0 Å². The fourth-order valence-electron chi connectivity index (χ4n) is 3.88. The van der Waals surface area contributed by atoms with E-state index in [1.807, 2.05) is 85.4 Å². The van der Waals surface area contributed by atoms with Crippen molar-refractivity contribution >= 4 is 45.7 Å². The summed E-state index contributed by atoms with van der Waals surface area (Å²) in [7, 11) is 1.84. The van der Waals surface area contributed by atoms with E-state index in [2.05, 4.69) is 15.3 Å². The van der Waals surface area contributed by atoms with Gasteiger partial charge in [-0.15, -0.1) is 11.3 Å². The number of rotatable bonds is 7. The van der Waals surface area contributed by atoms with E-state index in [1.165, 1.54) is 11.3 Å². The standard InChI is InChI=1S/C26H22ClN5O2S/c1-15(18-5-3-4-6-19(18)27)34-22-12-24(35-25(22)26(28)33)32-14-31-20-11-16(7-9-21(20)32)17-8-10-23(29-2)30-13-17/h3-15H,1-2H3,(H2,28,33)(H,29,30)/t15-/m1/s1. The molecule has 3 aromatic heterocycles. The van der Waals surface area contributed by atoms with Gasteiger partial charge < -0.3 is 15.8 Å². The summed E-state index contributed by atoms with van der Waals surface area (Å²) in [6.07, 6.45) is 3.19. The van der Waals surface area contributed by atoms with Crippen molar-refractivity contribution < 1.29 is 9.53 Å². The number of carbonyl (C=O) groups excluding carboxylic acids is 1. The molecule has 0 saturated heterocycles. The third-order valence-electron chi connectivity index (χ3n) is 5.69. The Labute approximate surface area is 211 Å². The monoisotopic (exact) mass is 503 g/mol. The van der Waals surface area contributed by atoms with Crippen molar-refractivity contribution in [3.05, 3.63) is 88.7 Å². The highest BCUT2D eigenvalue weighted by molar-refractivity contribution is 7.16. The van der Waals surface area contributed by atoms with Gasteiger partial charge in [0.15, 0.2) is 0 Å². The molecule has 0 saturated carbocycles. The molecule has 1 atom stereocenters. The highest BCUT2D eigenvalue weighted by atomic mass is 35.5. The van der Waals surface area contributed by atoms with Crippen LogP contribution in [0.5, 0.6) is 5.75 Å². The molecular weight excluding hydrogens is 482 g/mol. The number of nitrogens with one attached hydrogen (secondary N) is 1. The Morgan fingerprint density at radius 1 is 1.11 bits per heavy atom. The molecule has 3 N–H and O–H groups in total. The average molecular weight is 504 g/mol. The van der Waals surface area contributed by atoms with Crippen LogP contribution in [-0.2, 0) is 0 Å². The zero-order valence-electron chi connectivity index (χ0n) is 19.0. The molecule has 0 aliphatic rings. The molecule has 3 heterocycles. The van der Waals surface area contributed by atoms with E-state index in [1.54, 1.807) is 6.33 Å². The molecule has 1 amide bonds. The van der Waals surface area contributed by atoms with Crippen LogP contribution in [0, 0.1) is 0 Å². The molecule has 5 aromatic rings. The molecule has 176 valence electrons. The number of amides is 1. The Hall–Kier alpha value is -3.88. The maximum atomic E-state index is 12.2. The normalized spacial score (nSPS) is 12.0. The smallest absolute Gasteiger partial charge is 0.262 e. The summed E-state index contributed by atoms with van der Waals surface area (Å²) in [5.41, 5.74) is 10.2. The predicted octanol–water partition coefficient (Wildman–Crippen LogP) is 6.08. The number of primary amides is 1. The summed E-state index contributed by atoms with van der Waals surface area (Å²) < 4.78 is 8.06. The zero-order chi connectivity index (χ0) is 24.5. The highest BCUT2D eigenvalue weighted by Gasteiger charge is 2.21. The lowest BCUT2D eigenvalue weighted by molar-refractivity contribution is 0.0998. The Bertz CT molecular complexity index is 1530. The fraction of sp³-hybridized carbons (Fsp3) is 0.115. The van der Waals surface area contributed by atoms with Crippen molar-refractivity contribution in [1.29, 1.82) is 0 Å². The number of fused-ring (bicyclic) bond motifs is 1. The first-order valence-corrected chi connectivity index (χ1v) is 12.1. The minimum absolute atomic E-state index is 0.341. The Morgan fingerprint density at radius 3 is 2.63 bits per heavy atom. The van der Waals surface area contributed by atoms with E-state index < -0.39 is 5.91 Å². The van der Waals surface area contributed by atoms with E-state index in [4.69, 9.17) is 22.1 Å². The van der Waals surface area contributed by atoms with Crippen LogP contribution in [0.4, 0.5) is 5.82 Å². The molecule has 0 aliphatic carbocycles. The number of thiophene rings is 1. The number of aromatic nitrogens is 3. The lowest BCUT2D eigenvalue weighted by atomic mass is 10.1. The molecule has 2 aromatic carbocycles. The number of halogens is 1. The molecule has 7 nitrogen and oxygen atoms in total. The van der Waals surface area contributed by atoms with Gasteiger partial charge in [0.25, 0.3) is 5.91 Å². The number of nitrogens with two attached hydrogens (primary N) is 1. The first kappa shape index (κ1) is 22.9. The molecule has 35 heavy (non-hydrogen) atoms. The van der Waals surface area contributed by atoms with Crippen LogP contribution in [0.2, 0.25) is 5.02 Å². The topological polar surface area (TPSA) is 95.1 Å². The summed E-state index contributed by atoms with van der Waals surface area (Å²) >= 11 is 7.58. The van der Waals surface area contributed by atoms with Gasteiger partial charge in [0.1, 0.15) is 33.9 Å². The minimum atomic E-state index is -0.549. The van der Waals surface area contributed by atoms with Crippen molar-refractivity contribution in [3.63, 3.8) is 0 Å². The summed E-state index contributed by atoms with van der Waals surface area (Å²) in [6.45, 7) is 1.88. The first-order valence-electron chi connectivity index (χ1n) is 10.9. The van der Waals surface area contributed by atoms with E-state index >= 15 is 0 Å². The maximum Gasteiger partial charge on any atom is 0.262 e. The summed E-state index contributed by atoms with van der Waals surface area (Å²) in [4.78, 5) is 21.5.